The number of nitrogens with zero attached hydrogens (tertiary/aromatic N) is 2. The third-order valence-electron chi connectivity index (χ3n) is 5.47. The first-order valence-electron chi connectivity index (χ1n) is 10.0. The fraction of sp³-hybridized carbons (Fsp3) is 0.500. The Morgan fingerprint density at radius 3 is 2.64 bits per heavy atom. The quantitative estimate of drug-likeness (QED) is 0.764. The van der Waals surface area contributed by atoms with Gasteiger partial charge in [0.25, 0.3) is 5.91 Å². The van der Waals surface area contributed by atoms with Gasteiger partial charge in [-0.2, -0.15) is 0 Å². The van der Waals surface area contributed by atoms with E-state index >= 15 is 0 Å². The molecule has 2 aromatic rings. The average Bonchev–Trinajstić information content (AvgIpc) is 2.69. The molecule has 4 rings (SSSR count). The summed E-state index contributed by atoms with van der Waals surface area (Å²) in [5.74, 6) is -0.609. The van der Waals surface area contributed by atoms with Crippen molar-refractivity contribution in [1.82, 2.24) is 9.88 Å². The molecule has 0 N–H and O–H groups in total. The summed E-state index contributed by atoms with van der Waals surface area (Å²) in [6.07, 6.45) is 3.79. The van der Waals surface area contributed by atoms with Crippen molar-refractivity contribution in [1.29, 1.82) is 0 Å². The fourth-order valence-electron chi connectivity index (χ4n) is 4.28. The number of aryl methyl sites for hydroxylation is 1. The van der Waals surface area contributed by atoms with Crippen LogP contribution in [0.15, 0.2) is 24.3 Å². The molecule has 0 unspecified atom stereocenters. The van der Waals surface area contributed by atoms with Crippen LogP contribution in [-0.4, -0.2) is 53.7 Å². The van der Waals surface area contributed by atoms with Gasteiger partial charge in [-0.15, -0.1) is 0 Å². The largest absolute Gasteiger partial charge is 0.452 e. The lowest BCUT2D eigenvalue weighted by Gasteiger charge is -2.35. The van der Waals surface area contributed by atoms with Crippen molar-refractivity contribution >= 4 is 22.8 Å². The van der Waals surface area contributed by atoms with E-state index in [-0.39, 0.29) is 24.7 Å². The highest BCUT2D eigenvalue weighted by Crippen LogP contribution is 2.29. The van der Waals surface area contributed by atoms with E-state index in [1.807, 2.05) is 38.1 Å². The summed E-state index contributed by atoms with van der Waals surface area (Å²) in [5, 5.41) is 0.800. The maximum atomic E-state index is 13.0. The first-order chi connectivity index (χ1) is 13.5. The summed E-state index contributed by atoms with van der Waals surface area (Å²) in [6.45, 7) is 4.68. The number of benzene rings is 1. The van der Waals surface area contributed by atoms with Crippen molar-refractivity contribution < 1.29 is 19.1 Å². The molecule has 2 aliphatic rings. The van der Waals surface area contributed by atoms with Gasteiger partial charge in [0.2, 0.25) is 0 Å². The van der Waals surface area contributed by atoms with Crippen LogP contribution < -0.4 is 0 Å². The number of pyridine rings is 1. The Hall–Kier alpha value is -2.47. The van der Waals surface area contributed by atoms with Crippen molar-refractivity contribution in [3.05, 3.63) is 41.1 Å². The molecule has 2 atom stereocenters. The smallest absolute Gasteiger partial charge is 0.339 e. The molecule has 148 valence electrons. The molecule has 1 saturated heterocycles. The molecular formula is C22H26N2O4. The molecule has 2 heterocycles. The molecule has 1 aromatic carbocycles. The SMILES string of the molecule is C[C@H]1CN(C(=O)COC(=O)c2c3c(nc4ccccc24)CCCC3)C[C@H](C)O1. The number of morpholine rings is 1. The van der Waals surface area contributed by atoms with E-state index in [1.54, 1.807) is 4.90 Å². The predicted molar refractivity (Wildman–Crippen MR) is 105 cm³/mol. The minimum Gasteiger partial charge on any atom is -0.452 e. The molecule has 1 aliphatic heterocycles. The molecular weight excluding hydrogens is 356 g/mol. The zero-order valence-corrected chi connectivity index (χ0v) is 16.4. The third-order valence-corrected chi connectivity index (χ3v) is 5.47. The van der Waals surface area contributed by atoms with Crippen molar-refractivity contribution in [3.63, 3.8) is 0 Å². The van der Waals surface area contributed by atoms with E-state index in [2.05, 4.69) is 0 Å². The number of ether oxygens (including phenoxy) is 2. The van der Waals surface area contributed by atoms with Gasteiger partial charge in [-0.1, -0.05) is 18.2 Å². The highest BCUT2D eigenvalue weighted by molar-refractivity contribution is 6.05. The second-order valence-electron chi connectivity index (χ2n) is 7.77. The van der Waals surface area contributed by atoms with Crippen LogP contribution in [-0.2, 0) is 27.1 Å². The third kappa shape index (κ3) is 3.74. The van der Waals surface area contributed by atoms with Gasteiger partial charge in [0.05, 0.1) is 23.3 Å². The number of rotatable bonds is 3. The summed E-state index contributed by atoms with van der Waals surface area (Å²) in [5.41, 5.74) is 3.35. The highest BCUT2D eigenvalue weighted by atomic mass is 16.5. The number of para-hydroxylation sites is 1. The van der Waals surface area contributed by atoms with Crippen LogP contribution in [0, 0.1) is 0 Å². The summed E-state index contributed by atoms with van der Waals surface area (Å²) in [6, 6.07) is 7.64. The molecule has 1 amide bonds. The molecule has 6 nitrogen and oxygen atoms in total. The molecule has 0 radical (unpaired) electrons. The molecule has 1 aliphatic carbocycles. The van der Waals surface area contributed by atoms with Gasteiger partial charge < -0.3 is 14.4 Å². The van der Waals surface area contributed by atoms with Gasteiger partial charge in [0.15, 0.2) is 6.61 Å². The average molecular weight is 382 g/mol. The maximum Gasteiger partial charge on any atom is 0.339 e. The molecule has 0 bridgehead atoms. The van der Waals surface area contributed by atoms with Gasteiger partial charge in [-0.05, 0) is 51.2 Å². The molecule has 1 fully saturated rings. The Labute approximate surface area is 164 Å². The Balaban J connectivity index is 1.55. The van der Waals surface area contributed by atoms with Crippen LogP contribution in [0.25, 0.3) is 10.9 Å². The maximum absolute atomic E-state index is 13.0. The van der Waals surface area contributed by atoms with E-state index in [9.17, 15) is 9.59 Å². The number of amides is 1. The lowest BCUT2D eigenvalue weighted by molar-refractivity contribution is -0.146. The lowest BCUT2D eigenvalue weighted by Crippen LogP contribution is -2.49. The van der Waals surface area contributed by atoms with Gasteiger partial charge in [-0.25, -0.2) is 4.79 Å². The van der Waals surface area contributed by atoms with Gasteiger partial charge in [-0.3, -0.25) is 9.78 Å². The van der Waals surface area contributed by atoms with Crippen molar-refractivity contribution in [3.8, 4) is 0 Å². The topological polar surface area (TPSA) is 68.7 Å². The molecule has 1 aromatic heterocycles. The van der Waals surface area contributed by atoms with Crippen LogP contribution in [0.5, 0.6) is 0 Å². The number of esters is 1. The van der Waals surface area contributed by atoms with Crippen LogP contribution in [0.1, 0.15) is 48.3 Å². The zero-order valence-electron chi connectivity index (χ0n) is 16.4. The van der Waals surface area contributed by atoms with E-state index in [4.69, 9.17) is 14.5 Å². The first kappa shape index (κ1) is 18.9. The molecule has 0 saturated carbocycles. The summed E-state index contributed by atoms with van der Waals surface area (Å²) in [4.78, 5) is 32.0. The van der Waals surface area contributed by atoms with Crippen molar-refractivity contribution in [2.45, 2.75) is 51.7 Å². The number of carbonyl (C=O) groups excluding carboxylic acids is 2. The number of fused-ring (bicyclic) bond motifs is 2. The fourth-order valence-corrected chi connectivity index (χ4v) is 4.28. The monoisotopic (exact) mass is 382 g/mol. The molecule has 28 heavy (non-hydrogen) atoms. The number of hydrogen-bond donors (Lipinski definition) is 0. The zero-order chi connectivity index (χ0) is 19.7. The summed E-state index contributed by atoms with van der Waals surface area (Å²) < 4.78 is 11.2. The molecule has 0 spiro atoms. The van der Waals surface area contributed by atoms with Gasteiger partial charge >= 0.3 is 5.97 Å². The Morgan fingerprint density at radius 2 is 1.86 bits per heavy atom. The van der Waals surface area contributed by atoms with Crippen LogP contribution >= 0.6 is 0 Å². The summed E-state index contributed by atoms with van der Waals surface area (Å²) in [7, 11) is 0. The van der Waals surface area contributed by atoms with Gasteiger partial charge in [0.1, 0.15) is 0 Å². The van der Waals surface area contributed by atoms with E-state index < -0.39 is 5.97 Å². The van der Waals surface area contributed by atoms with Crippen molar-refractivity contribution in [2.24, 2.45) is 0 Å². The second-order valence-corrected chi connectivity index (χ2v) is 7.77. The minimum absolute atomic E-state index is 0.0143. The number of carbonyl (C=O) groups is 2. The van der Waals surface area contributed by atoms with E-state index in [0.29, 0.717) is 18.7 Å². The van der Waals surface area contributed by atoms with E-state index in [0.717, 1.165) is 47.8 Å². The normalized spacial score (nSPS) is 22.0. The first-order valence-corrected chi connectivity index (χ1v) is 10.0. The minimum atomic E-state index is -0.431. The second kappa shape index (κ2) is 7.87. The molecule has 6 heteroatoms. The lowest BCUT2D eigenvalue weighted by atomic mass is 9.90. The predicted octanol–water partition coefficient (Wildman–Crippen LogP) is 2.91. The number of aromatic nitrogens is 1. The van der Waals surface area contributed by atoms with Crippen LogP contribution in [0.4, 0.5) is 0 Å². The Bertz CT molecular complexity index is 901. The Kier molecular flexibility index (Phi) is 5.31. The van der Waals surface area contributed by atoms with Crippen LogP contribution in [0.3, 0.4) is 0 Å². The van der Waals surface area contributed by atoms with Gasteiger partial charge in [0, 0.05) is 24.2 Å². The van der Waals surface area contributed by atoms with Crippen LogP contribution in [0.2, 0.25) is 0 Å². The number of hydrogen-bond acceptors (Lipinski definition) is 5. The highest BCUT2D eigenvalue weighted by Gasteiger charge is 2.28. The Morgan fingerprint density at radius 1 is 1.14 bits per heavy atom. The van der Waals surface area contributed by atoms with Crippen molar-refractivity contribution in [2.75, 3.05) is 19.7 Å². The van der Waals surface area contributed by atoms with E-state index in [1.165, 1.54) is 0 Å². The standard InChI is InChI=1S/C22H26N2O4/c1-14-11-24(12-15(2)28-14)20(25)13-27-22(26)21-16-7-3-5-9-18(16)23-19-10-6-4-8-17(19)21/h3,5,7,9,14-15H,4,6,8,10-13H2,1-2H3/t14-,15-/m0/s1. The summed E-state index contributed by atoms with van der Waals surface area (Å²) >= 11 is 0.